The summed E-state index contributed by atoms with van der Waals surface area (Å²) in [6.07, 6.45) is 5.66. The van der Waals surface area contributed by atoms with Gasteiger partial charge in [-0.3, -0.25) is 0 Å². The molecule has 4 rings (SSSR count). The molecule has 1 saturated heterocycles. The first-order valence-corrected chi connectivity index (χ1v) is 8.82. The van der Waals surface area contributed by atoms with Gasteiger partial charge in [-0.25, -0.2) is 14.5 Å². The Morgan fingerprint density at radius 3 is 2.76 bits per heavy atom. The minimum absolute atomic E-state index is 0.0203. The predicted octanol–water partition coefficient (Wildman–Crippen LogP) is 1.65. The van der Waals surface area contributed by atoms with Crippen molar-refractivity contribution < 1.29 is 9.53 Å². The van der Waals surface area contributed by atoms with Gasteiger partial charge in [0.05, 0.1) is 25.8 Å². The summed E-state index contributed by atoms with van der Waals surface area (Å²) < 4.78 is 7.33. The topological polar surface area (TPSA) is 72.3 Å². The lowest BCUT2D eigenvalue weighted by Gasteiger charge is -2.35. The summed E-state index contributed by atoms with van der Waals surface area (Å²) in [7, 11) is 0. The minimum atomic E-state index is 0.0203. The van der Waals surface area contributed by atoms with Crippen LogP contribution in [0.25, 0.3) is 0 Å². The van der Waals surface area contributed by atoms with Crippen LogP contribution in [0.3, 0.4) is 0 Å². The number of carbonyl (C=O) groups excluding carboxylic acids is 1. The second kappa shape index (κ2) is 7.23. The lowest BCUT2D eigenvalue weighted by Crippen LogP contribution is -2.53. The molecule has 1 N–H and O–H groups in total. The Balaban J connectivity index is 1.30. The molecule has 2 aliphatic rings. The monoisotopic (exact) mass is 341 g/mol. The average Bonchev–Trinajstić information content (AvgIpc) is 3.38. The maximum atomic E-state index is 12.5. The van der Waals surface area contributed by atoms with Crippen LogP contribution in [-0.2, 0) is 17.8 Å². The summed E-state index contributed by atoms with van der Waals surface area (Å²) in [6, 6.07) is 8.48. The van der Waals surface area contributed by atoms with E-state index in [0.717, 1.165) is 11.1 Å². The largest absolute Gasteiger partial charge is 0.377 e. The number of benzene rings is 1. The van der Waals surface area contributed by atoms with E-state index < -0.39 is 0 Å². The summed E-state index contributed by atoms with van der Waals surface area (Å²) in [5.74, 6) is 0.627. The molecular formula is C18H23N5O2. The molecule has 1 aliphatic heterocycles. The van der Waals surface area contributed by atoms with E-state index in [1.54, 1.807) is 11.0 Å². The number of urea groups is 1. The molecule has 0 radical (unpaired) electrons. The number of hydrogen-bond acceptors (Lipinski definition) is 4. The highest BCUT2D eigenvalue weighted by Crippen LogP contribution is 2.36. The molecule has 1 unspecified atom stereocenters. The molecule has 1 aromatic carbocycles. The molecule has 2 heterocycles. The van der Waals surface area contributed by atoms with E-state index in [1.807, 2.05) is 17.0 Å². The zero-order valence-corrected chi connectivity index (χ0v) is 14.2. The summed E-state index contributed by atoms with van der Waals surface area (Å²) >= 11 is 0. The molecule has 1 saturated carbocycles. The zero-order chi connectivity index (χ0) is 17.1. The summed E-state index contributed by atoms with van der Waals surface area (Å²) in [4.78, 5) is 18.4. The maximum Gasteiger partial charge on any atom is 0.318 e. The minimum Gasteiger partial charge on any atom is -0.377 e. The average molecular weight is 341 g/mol. The predicted molar refractivity (Wildman–Crippen MR) is 91.8 cm³/mol. The first-order valence-electron chi connectivity index (χ1n) is 8.82. The van der Waals surface area contributed by atoms with Crippen molar-refractivity contribution in [1.82, 2.24) is 25.0 Å². The smallest absolute Gasteiger partial charge is 0.318 e. The van der Waals surface area contributed by atoms with Gasteiger partial charge in [-0.1, -0.05) is 24.3 Å². The molecule has 25 heavy (non-hydrogen) atoms. The van der Waals surface area contributed by atoms with Crippen molar-refractivity contribution >= 4 is 6.03 Å². The van der Waals surface area contributed by atoms with Crippen LogP contribution in [0.5, 0.6) is 0 Å². The van der Waals surface area contributed by atoms with Crippen molar-refractivity contribution in [3.63, 3.8) is 0 Å². The number of morpholine rings is 1. The Hall–Kier alpha value is -2.41. The number of carbonyl (C=O) groups is 1. The molecule has 1 aromatic heterocycles. The van der Waals surface area contributed by atoms with Crippen LogP contribution >= 0.6 is 0 Å². The molecule has 0 spiro atoms. The number of amides is 2. The molecular weight excluding hydrogens is 318 g/mol. The molecule has 2 fully saturated rings. The van der Waals surface area contributed by atoms with Gasteiger partial charge in [-0.15, -0.1) is 0 Å². The van der Waals surface area contributed by atoms with Gasteiger partial charge in [0.15, 0.2) is 0 Å². The summed E-state index contributed by atoms with van der Waals surface area (Å²) in [6.45, 7) is 3.23. The first-order chi connectivity index (χ1) is 12.3. The van der Waals surface area contributed by atoms with Gasteiger partial charge in [0.2, 0.25) is 0 Å². The highest BCUT2D eigenvalue weighted by Gasteiger charge is 2.39. The lowest BCUT2D eigenvalue weighted by atomic mass is 10.1. The number of hydrogen-bond donors (Lipinski definition) is 1. The second-order valence-electron chi connectivity index (χ2n) is 6.74. The molecule has 1 atom stereocenters. The van der Waals surface area contributed by atoms with E-state index in [2.05, 4.69) is 27.5 Å². The van der Waals surface area contributed by atoms with Crippen molar-refractivity contribution in [1.29, 1.82) is 0 Å². The molecule has 1 aliphatic carbocycles. The number of nitrogens with zero attached hydrogens (tertiary/aromatic N) is 4. The van der Waals surface area contributed by atoms with Gasteiger partial charge in [0.1, 0.15) is 12.7 Å². The first kappa shape index (κ1) is 16.1. The third kappa shape index (κ3) is 3.99. The van der Waals surface area contributed by atoms with Crippen molar-refractivity contribution in [3.8, 4) is 0 Å². The third-order valence-electron chi connectivity index (χ3n) is 4.87. The van der Waals surface area contributed by atoms with E-state index in [1.165, 1.54) is 19.2 Å². The van der Waals surface area contributed by atoms with Crippen molar-refractivity contribution in [2.75, 3.05) is 19.8 Å². The lowest BCUT2D eigenvalue weighted by molar-refractivity contribution is 0.00463. The third-order valence-corrected chi connectivity index (χ3v) is 4.87. The Morgan fingerprint density at radius 2 is 2.04 bits per heavy atom. The second-order valence-corrected chi connectivity index (χ2v) is 6.74. The molecule has 2 amide bonds. The quantitative estimate of drug-likeness (QED) is 0.897. The van der Waals surface area contributed by atoms with Gasteiger partial charge in [-0.05, 0) is 29.9 Å². The van der Waals surface area contributed by atoms with Crippen LogP contribution in [0, 0.1) is 5.92 Å². The van der Waals surface area contributed by atoms with Gasteiger partial charge in [0, 0.05) is 13.1 Å². The molecule has 132 valence electrons. The number of rotatable bonds is 5. The Kier molecular flexibility index (Phi) is 4.65. The van der Waals surface area contributed by atoms with E-state index >= 15 is 0 Å². The Labute approximate surface area is 147 Å². The number of ether oxygens (including phenoxy) is 1. The maximum absolute atomic E-state index is 12.5. The van der Waals surface area contributed by atoms with Crippen LogP contribution in [0.1, 0.15) is 24.0 Å². The standard InChI is InChI=1S/C18H23N5O2/c24-18(23-7-8-25-11-17(23)16-5-6-16)20-9-14-1-3-15(4-2-14)10-22-13-19-12-21-22/h1-4,12-13,16-17H,5-11H2,(H,20,24). The summed E-state index contributed by atoms with van der Waals surface area (Å²) in [5.41, 5.74) is 2.24. The highest BCUT2D eigenvalue weighted by atomic mass is 16.5. The van der Waals surface area contributed by atoms with Crippen molar-refractivity contribution in [2.24, 2.45) is 5.92 Å². The van der Waals surface area contributed by atoms with E-state index in [4.69, 9.17) is 4.74 Å². The Morgan fingerprint density at radius 1 is 1.24 bits per heavy atom. The van der Waals surface area contributed by atoms with Gasteiger partial charge < -0.3 is 15.0 Å². The molecule has 0 bridgehead atoms. The van der Waals surface area contributed by atoms with Crippen molar-refractivity contribution in [2.45, 2.75) is 32.0 Å². The van der Waals surface area contributed by atoms with Gasteiger partial charge >= 0.3 is 6.03 Å². The molecule has 7 nitrogen and oxygen atoms in total. The fourth-order valence-corrected chi connectivity index (χ4v) is 3.29. The number of aromatic nitrogens is 3. The number of nitrogens with one attached hydrogen (secondary N) is 1. The van der Waals surface area contributed by atoms with Crippen LogP contribution in [0.4, 0.5) is 4.79 Å². The highest BCUT2D eigenvalue weighted by molar-refractivity contribution is 5.74. The summed E-state index contributed by atoms with van der Waals surface area (Å²) in [5, 5.41) is 7.15. The van der Waals surface area contributed by atoms with Crippen molar-refractivity contribution in [3.05, 3.63) is 48.0 Å². The fourth-order valence-electron chi connectivity index (χ4n) is 3.29. The van der Waals surface area contributed by atoms with E-state index in [9.17, 15) is 4.79 Å². The van der Waals surface area contributed by atoms with Gasteiger partial charge in [0.25, 0.3) is 0 Å². The Bertz CT molecular complexity index is 697. The van der Waals surface area contributed by atoms with Crippen LogP contribution < -0.4 is 5.32 Å². The van der Waals surface area contributed by atoms with Gasteiger partial charge in [-0.2, -0.15) is 5.10 Å². The fraction of sp³-hybridized carbons (Fsp3) is 0.500. The zero-order valence-electron chi connectivity index (χ0n) is 14.2. The molecule has 7 heteroatoms. The SMILES string of the molecule is O=C(NCc1ccc(Cn2cncn2)cc1)N1CCOCC1C1CC1. The normalized spacial score (nSPS) is 20.5. The van der Waals surface area contributed by atoms with Crippen LogP contribution in [0.15, 0.2) is 36.9 Å². The van der Waals surface area contributed by atoms with E-state index in [-0.39, 0.29) is 12.1 Å². The molecule has 2 aromatic rings. The van der Waals surface area contributed by atoms with E-state index in [0.29, 0.717) is 38.8 Å². The van der Waals surface area contributed by atoms with Crippen LogP contribution in [-0.4, -0.2) is 51.5 Å². The van der Waals surface area contributed by atoms with Crippen LogP contribution in [0.2, 0.25) is 0 Å².